The van der Waals surface area contributed by atoms with Gasteiger partial charge in [-0.25, -0.2) is 4.39 Å². The van der Waals surface area contributed by atoms with Gasteiger partial charge in [-0.2, -0.15) is 0 Å². The Morgan fingerprint density at radius 3 is 2.62 bits per heavy atom. The van der Waals surface area contributed by atoms with Gasteiger partial charge in [0.05, 0.1) is 5.92 Å². The number of halogens is 1. The normalized spacial score (nSPS) is 28.8. The van der Waals surface area contributed by atoms with Crippen molar-refractivity contribution >= 4 is 5.91 Å². The molecule has 1 aromatic rings. The number of nitrogens with zero attached hydrogens (tertiary/aromatic N) is 1. The van der Waals surface area contributed by atoms with Crippen molar-refractivity contribution in [3.63, 3.8) is 0 Å². The Bertz CT molecular complexity index is 579. The average molecular weight is 332 g/mol. The molecule has 2 aliphatic rings. The number of rotatable bonds is 3. The van der Waals surface area contributed by atoms with Crippen molar-refractivity contribution in [1.29, 1.82) is 0 Å². The molecule has 24 heavy (non-hydrogen) atoms. The Morgan fingerprint density at radius 2 is 1.96 bits per heavy atom. The molecule has 1 heterocycles. The highest BCUT2D eigenvalue weighted by atomic mass is 19.1. The van der Waals surface area contributed by atoms with E-state index in [0.29, 0.717) is 5.92 Å². The van der Waals surface area contributed by atoms with Crippen LogP contribution in [0.25, 0.3) is 0 Å². The smallest absolute Gasteiger partial charge is 0.227 e. The van der Waals surface area contributed by atoms with Crippen LogP contribution in [0.2, 0.25) is 0 Å². The molecule has 1 aliphatic carbocycles. The van der Waals surface area contributed by atoms with E-state index in [2.05, 4.69) is 0 Å². The molecule has 132 valence electrons. The first-order valence-corrected chi connectivity index (χ1v) is 9.28. The van der Waals surface area contributed by atoms with Crippen molar-refractivity contribution in [2.24, 2.45) is 17.6 Å². The first kappa shape index (κ1) is 17.4. The molecule has 2 atom stereocenters. The van der Waals surface area contributed by atoms with Crippen LogP contribution in [0.15, 0.2) is 24.3 Å². The van der Waals surface area contributed by atoms with Crippen molar-refractivity contribution in [3.8, 4) is 0 Å². The van der Waals surface area contributed by atoms with E-state index in [1.165, 1.54) is 6.07 Å². The van der Waals surface area contributed by atoms with E-state index in [-0.39, 0.29) is 23.2 Å². The molecule has 2 N–H and O–H groups in total. The predicted molar refractivity (Wildman–Crippen MR) is 94.0 cm³/mol. The van der Waals surface area contributed by atoms with Crippen LogP contribution in [0, 0.1) is 17.7 Å². The first-order chi connectivity index (χ1) is 11.5. The van der Waals surface area contributed by atoms with Gasteiger partial charge in [0.15, 0.2) is 0 Å². The maximum Gasteiger partial charge on any atom is 0.227 e. The molecule has 1 amide bonds. The summed E-state index contributed by atoms with van der Waals surface area (Å²) in [6, 6.07) is 7.02. The number of likely N-dealkylation sites (tertiary alicyclic amines) is 1. The number of carbonyl (C=O) groups is 1. The summed E-state index contributed by atoms with van der Waals surface area (Å²) in [6.07, 6.45) is 6.76. The summed E-state index contributed by atoms with van der Waals surface area (Å²) in [5.74, 6) is 0.553. The summed E-state index contributed by atoms with van der Waals surface area (Å²) in [4.78, 5) is 14.9. The lowest BCUT2D eigenvalue weighted by Crippen LogP contribution is -2.54. The van der Waals surface area contributed by atoms with Crippen LogP contribution in [0.1, 0.15) is 51.0 Å². The second-order valence-electron chi connectivity index (χ2n) is 7.87. The first-order valence-electron chi connectivity index (χ1n) is 9.28. The molecule has 3 nitrogen and oxygen atoms in total. The standard InChI is InChI=1S/C20H29FN2O/c1-20(22)11-5-4-7-17(20)19(24)23-12-9-15(10-13-23)14-16-6-2-3-8-18(16)21/h2-3,6,8,15,17H,4-5,7,9-14,22H2,1H3. The molecule has 1 aromatic carbocycles. The number of amides is 1. The summed E-state index contributed by atoms with van der Waals surface area (Å²) in [7, 11) is 0. The summed E-state index contributed by atoms with van der Waals surface area (Å²) in [5.41, 5.74) is 6.82. The fourth-order valence-electron chi connectivity index (χ4n) is 4.32. The molecule has 0 spiro atoms. The zero-order chi connectivity index (χ0) is 17.2. The van der Waals surface area contributed by atoms with Gasteiger partial charge in [-0.15, -0.1) is 0 Å². The molecule has 3 rings (SSSR count). The minimum atomic E-state index is -0.362. The number of hydrogen-bond acceptors (Lipinski definition) is 2. The number of piperidine rings is 1. The average Bonchev–Trinajstić information content (AvgIpc) is 2.57. The Labute approximate surface area is 144 Å². The molecule has 0 bridgehead atoms. The van der Waals surface area contributed by atoms with Gasteiger partial charge in [-0.1, -0.05) is 31.0 Å². The van der Waals surface area contributed by atoms with E-state index >= 15 is 0 Å². The number of benzene rings is 1. The SMILES string of the molecule is CC1(N)CCCCC1C(=O)N1CCC(Cc2ccccc2F)CC1. The van der Waals surface area contributed by atoms with E-state index in [9.17, 15) is 9.18 Å². The third-order valence-corrected chi connectivity index (χ3v) is 5.95. The van der Waals surface area contributed by atoms with Crippen LogP contribution < -0.4 is 5.73 Å². The van der Waals surface area contributed by atoms with Gasteiger partial charge in [-0.05, 0) is 56.6 Å². The van der Waals surface area contributed by atoms with E-state index in [1.54, 1.807) is 6.07 Å². The maximum atomic E-state index is 13.8. The molecular weight excluding hydrogens is 303 g/mol. The molecule has 1 saturated heterocycles. The van der Waals surface area contributed by atoms with Crippen molar-refractivity contribution in [3.05, 3.63) is 35.6 Å². The summed E-state index contributed by atoms with van der Waals surface area (Å²) in [5, 5.41) is 0. The van der Waals surface area contributed by atoms with E-state index in [4.69, 9.17) is 5.73 Å². The maximum absolute atomic E-state index is 13.8. The van der Waals surface area contributed by atoms with Gasteiger partial charge in [0, 0.05) is 18.6 Å². The molecule has 2 fully saturated rings. The van der Waals surface area contributed by atoms with Crippen molar-refractivity contribution in [1.82, 2.24) is 4.90 Å². The second-order valence-corrected chi connectivity index (χ2v) is 7.87. The topological polar surface area (TPSA) is 46.3 Å². The number of carbonyl (C=O) groups excluding carboxylic acids is 1. The molecule has 0 radical (unpaired) electrons. The molecular formula is C20H29FN2O. The Kier molecular flexibility index (Phi) is 5.24. The summed E-state index contributed by atoms with van der Waals surface area (Å²) < 4.78 is 13.8. The highest BCUT2D eigenvalue weighted by Gasteiger charge is 2.40. The van der Waals surface area contributed by atoms with Crippen LogP contribution in [0.5, 0.6) is 0 Å². The van der Waals surface area contributed by atoms with Crippen LogP contribution in [-0.4, -0.2) is 29.4 Å². The van der Waals surface area contributed by atoms with Gasteiger partial charge < -0.3 is 10.6 Å². The molecule has 1 aliphatic heterocycles. The lowest BCUT2D eigenvalue weighted by atomic mass is 9.73. The highest BCUT2D eigenvalue weighted by Crippen LogP contribution is 2.34. The van der Waals surface area contributed by atoms with Gasteiger partial charge in [-0.3, -0.25) is 4.79 Å². The van der Waals surface area contributed by atoms with E-state index < -0.39 is 0 Å². The Morgan fingerprint density at radius 1 is 1.25 bits per heavy atom. The van der Waals surface area contributed by atoms with Gasteiger partial charge in [0.2, 0.25) is 5.91 Å². The van der Waals surface area contributed by atoms with Crippen LogP contribution in [-0.2, 0) is 11.2 Å². The third-order valence-electron chi connectivity index (χ3n) is 5.95. The fourth-order valence-corrected chi connectivity index (χ4v) is 4.32. The predicted octanol–water partition coefficient (Wildman–Crippen LogP) is 3.51. The monoisotopic (exact) mass is 332 g/mol. The Balaban J connectivity index is 1.55. The van der Waals surface area contributed by atoms with Crippen molar-refractivity contribution in [2.75, 3.05) is 13.1 Å². The third kappa shape index (κ3) is 3.80. The fraction of sp³-hybridized carbons (Fsp3) is 0.650. The summed E-state index contributed by atoms with van der Waals surface area (Å²) >= 11 is 0. The van der Waals surface area contributed by atoms with Crippen LogP contribution in [0.4, 0.5) is 4.39 Å². The molecule has 4 heteroatoms. The molecule has 0 aromatic heterocycles. The minimum Gasteiger partial charge on any atom is -0.342 e. The zero-order valence-corrected chi connectivity index (χ0v) is 14.6. The lowest BCUT2D eigenvalue weighted by molar-refractivity contribution is -0.140. The highest BCUT2D eigenvalue weighted by molar-refractivity contribution is 5.80. The number of nitrogens with two attached hydrogens (primary N) is 1. The molecule has 1 saturated carbocycles. The summed E-state index contributed by atoms with van der Waals surface area (Å²) in [6.45, 7) is 3.59. The quantitative estimate of drug-likeness (QED) is 0.920. The van der Waals surface area contributed by atoms with E-state index in [1.807, 2.05) is 24.0 Å². The van der Waals surface area contributed by atoms with Gasteiger partial charge >= 0.3 is 0 Å². The lowest BCUT2D eigenvalue weighted by Gasteiger charge is -2.41. The van der Waals surface area contributed by atoms with Crippen molar-refractivity contribution in [2.45, 2.75) is 57.4 Å². The zero-order valence-electron chi connectivity index (χ0n) is 14.6. The van der Waals surface area contributed by atoms with Gasteiger partial charge in [0.1, 0.15) is 5.82 Å². The minimum absolute atomic E-state index is 0.0330. The largest absolute Gasteiger partial charge is 0.342 e. The van der Waals surface area contributed by atoms with Crippen LogP contribution >= 0.6 is 0 Å². The van der Waals surface area contributed by atoms with Crippen molar-refractivity contribution < 1.29 is 9.18 Å². The second kappa shape index (κ2) is 7.22. The van der Waals surface area contributed by atoms with Crippen LogP contribution in [0.3, 0.4) is 0 Å². The number of hydrogen-bond donors (Lipinski definition) is 1. The molecule has 2 unspecified atom stereocenters. The van der Waals surface area contributed by atoms with E-state index in [0.717, 1.165) is 63.6 Å². The Hall–Kier alpha value is -1.42. The van der Waals surface area contributed by atoms with Gasteiger partial charge in [0.25, 0.3) is 0 Å².